The quantitative estimate of drug-likeness (QED) is 0.474. The molecule has 1 aromatic carbocycles. The SMILES string of the molecule is COC(=O)[C@H]1O[C@H](O[Si](C)(C)C(C)(C)C(C)C)[C@H](O)[C@@H](OCc2ccccc2)[C@@H]1O. The van der Waals surface area contributed by atoms with E-state index in [-0.39, 0.29) is 11.6 Å². The van der Waals surface area contributed by atoms with E-state index >= 15 is 0 Å². The molecule has 170 valence electrons. The van der Waals surface area contributed by atoms with Crippen molar-refractivity contribution in [1.29, 1.82) is 0 Å². The van der Waals surface area contributed by atoms with Crippen molar-refractivity contribution >= 4 is 14.3 Å². The Morgan fingerprint density at radius 2 is 1.77 bits per heavy atom. The van der Waals surface area contributed by atoms with Crippen LogP contribution in [0.1, 0.15) is 33.3 Å². The summed E-state index contributed by atoms with van der Waals surface area (Å²) in [5.41, 5.74) is 0.881. The lowest BCUT2D eigenvalue weighted by atomic mass is 9.98. The maximum Gasteiger partial charge on any atom is 0.337 e. The molecule has 2 N–H and O–H groups in total. The number of methoxy groups -OCH3 is 1. The predicted octanol–water partition coefficient (Wildman–Crippen LogP) is 2.85. The first-order valence-electron chi connectivity index (χ1n) is 10.3. The van der Waals surface area contributed by atoms with Gasteiger partial charge in [-0.1, -0.05) is 58.0 Å². The standard InChI is InChI=1S/C22H36O7Si/c1-14(2)22(3,4)30(6,7)29-21-17(24)18(16(23)19(28-21)20(25)26-5)27-13-15-11-9-8-10-12-15/h8-12,14,16-19,21,23-24H,13H2,1-7H3/t16-,17+,18-,19-,21+/m0/s1. The number of aliphatic hydroxyl groups excluding tert-OH is 2. The number of benzene rings is 1. The van der Waals surface area contributed by atoms with Gasteiger partial charge in [-0.3, -0.25) is 0 Å². The molecule has 0 aromatic heterocycles. The predicted molar refractivity (Wildman–Crippen MR) is 115 cm³/mol. The number of rotatable bonds is 8. The highest BCUT2D eigenvalue weighted by molar-refractivity contribution is 6.74. The molecule has 2 rings (SSSR count). The van der Waals surface area contributed by atoms with Crippen LogP contribution >= 0.6 is 0 Å². The van der Waals surface area contributed by atoms with E-state index in [1.807, 2.05) is 30.3 Å². The van der Waals surface area contributed by atoms with Crippen LogP contribution in [0.15, 0.2) is 30.3 Å². The Morgan fingerprint density at radius 3 is 2.30 bits per heavy atom. The summed E-state index contributed by atoms with van der Waals surface area (Å²) < 4.78 is 22.7. The Balaban J connectivity index is 2.25. The van der Waals surface area contributed by atoms with Gasteiger partial charge >= 0.3 is 5.97 Å². The Kier molecular flexibility index (Phi) is 8.23. The molecule has 0 saturated carbocycles. The van der Waals surface area contributed by atoms with Gasteiger partial charge in [0.15, 0.2) is 20.7 Å². The highest BCUT2D eigenvalue weighted by Gasteiger charge is 2.53. The summed E-state index contributed by atoms with van der Waals surface area (Å²) in [4.78, 5) is 12.2. The fourth-order valence-electron chi connectivity index (χ4n) is 3.34. The van der Waals surface area contributed by atoms with Gasteiger partial charge in [0.1, 0.15) is 18.3 Å². The number of hydrogen-bond donors (Lipinski definition) is 2. The number of aliphatic hydroxyl groups is 2. The van der Waals surface area contributed by atoms with Gasteiger partial charge in [0.2, 0.25) is 0 Å². The van der Waals surface area contributed by atoms with Crippen molar-refractivity contribution in [2.75, 3.05) is 7.11 Å². The molecular weight excluding hydrogens is 404 g/mol. The van der Waals surface area contributed by atoms with Crippen molar-refractivity contribution in [2.24, 2.45) is 5.92 Å². The second kappa shape index (κ2) is 9.89. The second-order valence-corrected chi connectivity index (χ2v) is 13.7. The van der Waals surface area contributed by atoms with Crippen LogP contribution in [0.5, 0.6) is 0 Å². The van der Waals surface area contributed by atoms with Crippen LogP contribution in [0.2, 0.25) is 18.1 Å². The zero-order chi connectivity index (χ0) is 22.7. The second-order valence-electron chi connectivity index (χ2n) is 9.20. The number of carbonyl (C=O) groups is 1. The molecule has 0 amide bonds. The van der Waals surface area contributed by atoms with E-state index in [0.29, 0.717) is 5.92 Å². The molecule has 0 radical (unpaired) electrons. The smallest absolute Gasteiger partial charge is 0.337 e. The minimum Gasteiger partial charge on any atom is -0.467 e. The van der Waals surface area contributed by atoms with Gasteiger partial charge in [-0.2, -0.15) is 0 Å². The van der Waals surface area contributed by atoms with Crippen LogP contribution in [-0.2, 0) is 30.0 Å². The van der Waals surface area contributed by atoms with E-state index in [1.165, 1.54) is 7.11 Å². The summed E-state index contributed by atoms with van der Waals surface area (Å²) in [5.74, 6) is -0.397. The summed E-state index contributed by atoms with van der Waals surface area (Å²) in [5, 5.41) is 21.5. The Hall–Kier alpha value is -1.29. The van der Waals surface area contributed by atoms with E-state index in [9.17, 15) is 15.0 Å². The first kappa shape index (κ1) is 25.0. The van der Waals surface area contributed by atoms with Gasteiger partial charge in [-0.15, -0.1) is 0 Å². The molecule has 1 saturated heterocycles. The molecule has 1 heterocycles. The summed E-state index contributed by atoms with van der Waals surface area (Å²) in [6.45, 7) is 12.8. The van der Waals surface area contributed by atoms with Crippen molar-refractivity contribution in [3.05, 3.63) is 35.9 Å². The third-order valence-corrected chi connectivity index (χ3v) is 11.2. The first-order valence-corrected chi connectivity index (χ1v) is 13.3. The largest absolute Gasteiger partial charge is 0.467 e. The molecule has 5 atom stereocenters. The fraction of sp³-hybridized carbons (Fsp3) is 0.682. The van der Waals surface area contributed by atoms with Crippen LogP contribution in [0.3, 0.4) is 0 Å². The minimum atomic E-state index is -2.41. The topological polar surface area (TPSA) is 94.5 Å². The van der Waals surface area contributed by atoms with Crippen LogP contribution in [-0.4, -0.2) is 62.3 Å². The van der Waals surface area contributed by atoms with E-state index in [1.54, 1.807) is 0 Å². The Bertz CT molecular complexity index is 692. The third-order valence-electron chi connectivity index (χ3n) is 6.67. The van der Waals surface area contributed by atoms with Gasteiger partial charge in [0, 0.05) is 0 Å². The molecule has 0 aliphatic carbocycles. The zero-order valence-electron chi connectivity index (χ0n) is 19.0. The van der Waals surface area contributed by atoms with Gasteiger partial charge in [-0.25, -0.2) is 4.79 Å². The number of carbonyl (C=O) groups excluding carboxylic acids is 1. The molecule has 0 unspecified atom stereocenters. The van der Waals surface area contributed by atoms with Crippen LogP contribution in [0.25, 0.3) is 0 Å². The van der Waals surface area contributed by atoms with Crippen molar-refractivity contribution in [3.63, 3.8) is 0 Å². The lowest BCUT2D eigenvalue weighted by Crippen LogP contribution is -2.63. The zero-order valence-corrected chi connectivity index (χ0v) is 20.0. The number of esters is 1. The Morgan fingerprint density at radius 1 is 1.17 bits per heavy atom. The molecule has 30 heavy (non-hydrogen) atoms. The molecule has 8 heteroatoms. The van der Waals surface area contributed by atoms with E-state index < -0.39 is 45.0 Å². The van der Waals surface area contributed by atoms with Crippen molar-refractivity contribution < 1.29 is 33.6 Å². The van der Waals surface area contributed by atoms with Gasteiger partial charge in [-0.05, 0) is 29.6 Å². The lowest BCUT2D eigenvalue weighted by molar-refractivity contribution is -0.284. The van der Waals surface area contributed by atoms with Gasteiger partial charge in [0.05, 0.1) is 13.7 Å². The van der Waals surface area contributed by atoms with Crippen LogP contribution < -0.4 is 0 Å². The minimum absolute atomic E-state index is 0.132. The molecule has 1 fully saturated rings. The molecule has 1 aromatic rings. The van der Waals surface area contributed by atoms with E-state index in [2.05, 4.69) is 40.8 Å². The highest BCUT2D eigenvalue weighted by atomic mass is 28.4. The third kappa shape index (κ3) is 5.30. The van der Waals surface area contributed by atoms with E-state index in [0.717, 1.165) is 5.56 Å². The number of ether oxygens (including phenoxy) is 3. The van der Waals surface area contributed by atoms with Crippen molar-refractivity contribution in [1.82, 2.24) is 0 Å². The molecule has 0 bridgehead atoms. The van der Waals surface area contributed by atoms with Gasteiger partial charge < -0.3 is 28.8 Å². The van der Waals surface area contributed by atoms with E-state index in [4.69, 9.17) is 18.6 Å². The summed E-state index contributed by atoms with van der Waals surface area (Å²) in [6, 6.07) is 9.40. The first-order chi connectivity index (χ1) is 13.9. The van der Waals surface area contributed by atoms with Crippen molar-refractivity contribution in [3.8, 4) is 0 Å². The lowest BCUT2D eigenvalue weighted by Gasteiger charge is -2.48. The van der Waals surface area contributed by atoms with Gasteiger partial charge in [0.25, 0.3) is 0 Å². The Labute approximate surface area is 180 Å². The summed E-state index contributed by atoms with van der Waals surface area (Å²) in [7, 11) is -1.19. The highest BCUT2D eigenvalue weighted by Crippen LogP contribution is 2.46. The summed E-state index contributed by atoms with van der Waals surface area (Å²) >= 11 is 0. The summed E-state index contributed by atoms with van der Waals surface area (Å²) in [6.07, 6.45) is -6.15. The average Bonchev–Trinajstić information content (AvgIpc) is 2.69. The maximum absolute atomic E-state index is 12.2. The maximum atomic E-state index is 12.2. The molecule has 1 aliphatic rings. The normalized spacial score (nSPS) is 27.9. The van der Waals surface area contributed by atoms with Crippen LogP contribution in [0, 0.1) is 5.92 Å². The number of hydrogen-bond acceptors (Lipinski definition) is 7. The van der Waals surface area contributed by atoms with Crippen LogP contribution in [0.4, 0.5) is 0 Å². The molecule has 1 aliphatic heterocycles. The average molecular weight is 441 g/mol. The fourth-order valence-corrected chi connectivity index (χ4v) is 5.81. The monoisotopic (exact) mass is 440 g/mol. The molecular formula is C22H36O7Si. The molecule has 0 spiro atoms. The van der Waals surface area contributed by atoms with Crippen molar-refractivity contribution in [2.45, 2.75) is 83.1 Å². The molecule has 7 nitrogen and oxygen atoms in total.